The quantitative estimate of drug-likeness (QED) is 0.897. The van der Waals surface area contributed by atoms with Gasteiger partial charge in [0.15, 0.2) is 11.5 Å². The summed E-state index contributed by atoms with van der Waals surface area (Å²) in [6, 6.07) is 2.31. The van der Waals surface area contributed by atoms with Gasteiger partial charge in [0.1, 0.15) is 0 Å². The number of methoxy groups -OCH3 is 1. The van der Waals surface area contributed by atoms with Crippen molar-refractivity contribution in [3.05, 3.63) is 22.2 Å². The van der Waals surface area contributed by atoms with Crippen LogP contribution >= 0.6 is 15.9 Å². The lowest BCUT2D eigenvalue weighted by atomic mass is 10.1. The van der Waals surface area contributed by atoms with Crippen molar-refractivity contribution in [2.45, 2.75) is 5.92 Å². The number of phenolic OH excluding ortho intramolecular Hbond substituents is 1. The van der Waals surface area contributed by atoms with E-state index in [9.17, 15) is 13.9 Å². The number of hydrogen-bond acceptors (Lipinski definition) is 3. The molecule has 0 saturated heterocycles. The molecule has 1 aromatic carbocycles. The molecule has 0 aliphatic carbocycles. The van der Waals surface area contributed by atoms with E-state index in [0.717, 1.165) is 6.07 Å². The summed E-state index contributed by atoms with van der Waals surface area (Å²) in [5, 5.41) is 11.8. The standard InChI is InChI=1S/C10H12BrF2NO2/c1-14-5-10(12,13)6-3-9(16-2)8(15)4-7(6)11/h3-4,14-15H,5H2,1-2H3. The average molecular weight is 296 g/mol. The Morgan fingerprint density at radius 1 is 1.50 bits per heavy atom. The van der Waals surface area contributed by atoms with Gasteiger partial charge in [-0.1, -0.05) is 15.9 Å². The highest BCUT2D eigenvalue weighted by atomic mass is 79.9. The van der Waals surface area contributed by atoms with E-state index in [4.69, 9.17) is 4.74 Å². The first-order valence-corrected chi connectivity index (χ1v) is 5.31. The zero-order chi connectivity index (χ0) is 12.3. The Morgan fingerprint density at radius 3 is 2.62 bits per heavy atom. The average Bonchev–Trinajstić information content (AvgIpc) is 2.17. The van der Waals surface area contributed by atoms with Gasteiger partial charge in [-0.05, 0) is 19.2 Å². The van der Waals surface area contributed by atoms with Gasteiger partial charge in [0.05, 0.1) is 13.7 Å². The Kier molecular flexibility index (Phi) is 4.09. The van der Waals surface area contributed by atoms with Gasteiger partial charge in [-0.3, -0.25) is 0 Å². The van der Waals surface area contributed by atoms with Gasteiger partial charge in [0.2, 0.25) is 0 Å². The van der Waals surface area contributed by atoms with E-state index < -0.39 is 12.5 Å². The number of nitrogens with one attached hydrogen (secondary N) is 1. The fourth-order valence-corrected chi connectivity index (χ4v) is 1.93. The molecule has 0 bridgehead atoms. The molecule has 90 valence electrons. The first kappa shape index (κ1) is 13.2. The predicted molar refractivity (Wildman–Crippen MR) is 60.2 cm³/mol. The molecule has 16 heavy (non-hydrogen) atoms. The predicted octanol–water partition coefficient (Wildman–Crippen LogP) is 2.47. The number of phenols is 1. The second-order valence-electron chi connectivity index (χ2n) is 3.24. The van der Waals surface area contributed by atoms with Gasteiger partial charge in [-0.2, -0.15) is 8.78 Å². The molecule has 0 radical (unpaired) electrons. The SMILES string of the molecule is CNCC(F)(F)c1cc(OC)c(O)cc1Br. The van der Waals surface area contributed by atoms with Crippen LogP contribution < -0.4 is 10.1 Å². The zero-order valence-corrected chi connectivity index (χ0v) is 10.4. The molecule has 0 atom stereocenters. The number of alkyl halides is 2. The molecule has 0 unspecified atom stereocenters. The van der Waals surface area contributed by atoms with Crippen LogP contribution in [0.2, 0.25) is 0 Å². The van der Waals surface area contributed by atoms with Crippen LogP contribution in [-0.4, -0.2) is 25.8 Å². The highest BCUT2D eigenvalue weighted by molar-refractivity contribution is 9.10. The van der Waals surface area contributed by atoms with E-state index in [1.807, 2.05) is 0 Å². The third-order valence-electron chi connectivity index (χ3n) is 2.06. The van der Waals surface area contributed by atoms with Crippen molar-refractivity contribution >= 4 is 15.9 Å². The van der Waals surface area contributed by atoms with Gasteiger partial charge in [0.25, 0.3) is 5.92 Å². The first-order chi connectivity index (χ1) is 7.42. The number of rotatable bonds is 4. The van der Waals surface area contributed by atoms with E-state index in [0.29, 0.717) is 0 Å². The second-order valence-corrected chi connectivity index (χ2v) is 4.09. The van der Waals surface area contributed by atoms with Crippen LogP contribution in [0.3, 0.4) is 0 Å². The highest BCUT2D eigenvalue weighted by Gasteiger charge is 2.33. The van der Waals surface area contributed by atoms with Gasteiger partial charge >= 0.3 is 0 Å². The number of benzene rings is 1. The van der Waals surface area contributed by atoms with E-state index in [-0.39, 0.29) is 21.5 Å². The maximum Gasteiger partial charge on any atom is 0.286 e. The summed E-state index contributed by atoms with van der Waals surface area (Å²) >= 11 is 2.99. The van der Waals surface area contributed by atoms with E-state index in [1.54, 1.807) is 0 Å². The van der Waals surface area contributed by atoms with E-state index >= 15 is 0 Å². The van der Waals surface area contributed by atoms with Gasteiger partial charge in [0, 0.05) is 10.0 Å². The lowest BCUT2D eigenvalue weighted by molar-refractivity contribution is -0.00222. The maximum absolute atomic E-state index is 13.6. The zero-order valence-electron chi connectivity index (χ0n) is 8.85. The highest BCUT2D eigenvalue weighted by Crippen LogP contribution is 2.39. The molecule has 0 spiro atoms. The molecule has 6 heteroatoms. The van der Waals surface area contributed by atoms with Crippen molar-refractivity contribution in [3.63, 3.8) is 0 Å². The van der Waals surface area contributed by atoms with Crippen molar-refractivity contribution in [2.75, 3.05) is 20.7 Å². The molecular formula is C10H12BrF2NO2. The van der Waals surface area contributed by atoms with E-state index in [1.165, 1.54) is 20.2 Å². The minimum Gasteiger partial charge on any atom is -0.504 e. The van der Waals surface area contributed by atoms with Crippen LogP contribution in [0, 0.1) is 0 Å². The Bertz CT molecular complexity index is 385. The fraction of sp³-hybridized carbons (Fsp3) is 0.400. The summed E-state index contributed by atoms with van der Waals surface area (Å²) < 4.78 is 32.2. The summed E-state index contributed by atoms with van der Waals surface area (Å²) in [6.07, 6.45) is 0. The molecule has 3 nitrogen and oxygen atoms in total. The lowest BCUT2D eigenvalue weighted by Crippen LogP contribution is -2.28. The first-order valence-electron chi connectivity index (χ1n) is 4.51. The molecular weight excluding hydrogens is 284 g/mol. The largest absolute Gasteiger partial charge is 0.504 e. The number of hydrogen-bond donors (Lipinski definition) is 2. The van der Waals surface area contributed by atoms with Gasteiger partial charge in [-0.15, -0.1) is 0 Å². The van der Waals surface area contributed by atoms with Gasteiger partial charge < -0.3 is 15.2 Å². The lowest BCUT2D eigenvalue weighted by Gasteiger charge is -2.19. The molecule has 0 amide bonds. The number of ether oxygens (including phenoxy) is 1. The topological polar surface area (TPSA) is 41.5 Å². The van der Waals surface area contributed by atoms with Crippen molar-refractivity contribution in [1.82, 2.24) is 5.32 Å². The van der Waals surface area contributed by atoms with Crippen LogP contribution in [0.5, 0.6) is 11.5 Å². The maximum atomic E-state index is 13.6. The third-order valence-corrected chi connectivity index (χ3v) is 2.72. The van der Waals surface area contributed by atoms with Gasteiger partial charge in [-0.25, -0.2) is 0 Å². The molecule has 0 fully saturated rings. The number of halogens is 3. The fourth-order valence-electron chi connectivity index (χ4n) is 1.30. The Hall–Kier alpha value is -0.880. The Labute approximate surface area is 101 Å². The summed E-state index contributed by atoms with van der Waals surface area (Å²) in [5.41, 5.74) is -0.225. The Morgan fingerprint density at radius 2 is 2.12 bits per heavy atom. The number of likely N-dealkylation sites (N-methyl/N-ethyl adjacent to an activating group) is 1. The minimum absolute atomic E-state index is 0.0222. The summed E-state index contributed by atoms with van der Waals surface area (Å²) in [4.78, 5) is 0. The summed E-state index contributed by atoms with van der Waals surface area (Å²) in [6.45, 7) is -0.487. The smallest absolute Gasteiger partial charge is 0.286 e. The molecule has 0 aliphatic heterocycles. The third kappa shape index (κ3) is 2.62. The second kappa shape index (κ2) is 4.97. The molecule has 2 N–H and O–H groups in total. The molecule has 0 aromatic heterocycles. The number of aromatic hydroxyl groups is 1. The molecule has 0 saturated carbocycles. The monoisotopic (exact) mass is 295 g/mol. The molecule has 1 rings (SSSR count). The normalized spacial score (nSPS) is 11.6. The van der Waals surface area contributed by atoms with Crippen LogP contribution in [0.25, 0.3) is 0 Å². The van der Waals surface area contributed by atoms with Crippen LogP contribution in [0.1, 0.15) is 5.56 Å². The minimum atomic E-state index is -3.03. The summed E-state index contributed by atoms with van der Waals surface area (Å²) in [5.74, 6) is -3.19. The molecule has 1 aromatic rings. The van der Waals surface area contributed by atoms with Crippen molar-refractivity contribution < 1.29 is 18.6 Å². The van der Waals surface area contributed by atoms with Crippen LogP contribution in [0.15, 0.2) is 16.6 Å². The van der Waals surface area contributed by atoms with Crippen LogP contribution in [0.4, 0.5) is 8.78 Å². The van der Waals surface area contributed by atoms with Crippen molar-refractivity contribution in [2.24, 2.45) is 0 Å². The van der Waals surface area contributed by atoms with Crippen LogP contribution in [-0.2, 0) is 5.92 Å². The molecule has 0 heterocycles. The molecule has 0 aliphatic rings. The van der Waals surface area contributed by atoms with E-state index in [2.05, 4.69) is 21.2 Å². The van der Waals surface area contributed by atoms with Crippen molar-refractivity contribution in [1.29, 1.82) is 0 Å². The Balaban J connectivity index is 3.22. The van der Waals surface area contributed by atoms with Crippen molar-refractivity contribution in [3.8, 4) is 11.5 Å². The summed E-state index contributed by atoms with van der Waals surface area (Å²) in [7, 11) is 2.75.